The molecule has 0 aliphatic rings. The van der Waals surface area contributed by atoms with E-state index in [1.165, 1.54) is 42.5 Å². The van der Waals surface area contributed by atoms with Crippen LogP contribution < -0.4 is 15.8 Å². The van der Waals surface area contributed by atoms with Crippen LogP contribution in [0.3, 0.4) is 0 Å². The van der Waals surface area contributed by atoms with Gasteiger partial charge in [0.05, 0.1) is 4.90 Å². The predicted octanol–water partition coefficient (Wildman–Crippen LogP) is 6.57. The number of hydrogen-bond acceptors (Lipinski definition) is 4. The van der Waals surface area contributed by atoms with Crippen molar-refractivity contribution in [3.8, 4) is 11.1 Å². The average molecular weight is 592 g/mol. The van der Waals surface area contributed by atoms with Crippen molar-refractivity contribution in [3.05, 3.63) is 150 Å². The molecule has 0 saturated heterocycles. The van der Waals surface area contributed by atoms with Crippen LogP contribution in [0, 0.1) is 5.82 Å². The summed E-state index contributed by atoms with van der Waals surface area (Å²) in [5, 5.41) is 10.7. The van der Waals surface area contributed by atoms with Crippen LogP contribution in [0.5, 0.6) is 0 Å². The highest BCUT2D eigenvalue weighted by Gasteiger charge is 2.15. The average Bonchev–Trinajstić information content (AvgIpc) is 3.01. The van der Waals surface area contributed by atoms with Gasteiger partial charge in [-0.1, -0.05) is 72.8 Å². The quantitative estimate of drug-likeness (QED) is 0.140. The SMILES string of the molecule is NS(=O)(=O)c1cccc(NC(=O)c2ccc(NC(=O)/C(=C/c3ccc(F)cc3)c3ccc(-c4ccccc4)cc3)cc2)c1. The van der Waals surface area contributed by atoms with Crippen molar-refractivity contribution in [2.45, 2.75) is 4.90 Å². The Labute approximate surface area is 248 Å². The molecule has 5 rings (SSSR count). The van der Waals surface area contributed by atoms with Gasteiger partial charge in [-0.3, -0.25) is 9.59 Å². The summed E-state index contributed by atoms with van der Waals surface area (Å²) in [6.07, 6.45) is 1.68. The molecule has 0 spiro atoms. The lowest BCUT2D eigenvalue weighted by Gasteiger charge is -2.12. The summed E-state index contributed by atoms with van der Waals surface area (Å²) in [6.45, 7) is 0. The summed E-state index contributed by atoms with van der Waals surface area (Å²) in [4.78, 5) is 26.1. The zero-order valence-electron chi connectivity index (χ0n) is 22.7. The lowest BCUT2D eigenvalue weighted by atomic mass is 9.98. The zero-order valence-corrected chi connectivity index (χ0v) is 23.5. The number of hydrogen-bond donors (Lipinski definition) is 3. The Balaban J connectivity index is 1.35. The van der Waals surface area contributed by atoms with Crippen LogP contribution in [0.1, 0.15) is 21.5 Å². The molecule has 5 aromatic carbocycles. The molecule has 43 heavy (non-hydrogen) atoms. The van der Waals surface area contributed by atoms with Crippen molar-refractivity contribution in [2.75, 3.05) is 10.6 Å². The van der Waals surface area contributed by atoms with Gasteiger partial charge in [0, 0.05) is 22.5 Å². The molecule has 0 fully saturated rings. The minimum atomic E-state index is -3.92. The van der Waals surface area contributed by atoms with E-state index in [9.17, 15) is 22.4 Å². The molecule has 7 nitrogen and oxygen atoms in total. The molecule has 0 aliphatic carbocycles. The van der Waals surface area contributed by atoms with E-state index in [4.69, 9.17) is 5.14 Å². The highest BCUT2D eigenvalue weighted by atomic mass is 32.2. The van der Waals surface area contributed by atoms with Crippen LogP contribution in [0.4, 0.5) is 15.8 Å². The fourth-order valence-electron chi connectivity index (χ4n) is 4.34. The number of sulfonamides is 1. The van der Waals surface area contributed by atoms with Crippen LogP contribution in [-0.2, 0) is 14.8 Å². The number of rotatable bonds is 8. The highest BCUT2D eigenvalue weighted by molar-refractivity contribution is 7.89. The molecule has 0 heterocycles. The van der Waals surface area contributed by atoms with Crippen LogP contribution in [-0.4, -0.2) is 20.2 Å². The van der Waals surface area contributed by atoms with Gasteiger partial charge in [0.15, 0.2) is 0 Å². The number of carbonyl (C=O) groups is 2. The predicted molar refractivity (Wildman–Crippen MR) is 167 cm³/mol. The Kier molecular flexibility index (Phi) is 8.56. The third kappa shape index (κ3) is 7.48. The molecule has 2 amide bonds. The van der Waals surface area contributed by atoms with Crippen molar-refractivity contribution < 1.29 is 22.4 Å². The first-order chi connectivity index (χ1) is 20.7. The smallest absolute Gasteiger partial charge is 0.256 e. The Morgan fingerprint density at radius 1 is 0.651 bits per heavy atom. The normalized spacial score (nSPS) is 11.5. The lowest BCUT2D eigenvalue weighted by Crippen LogP contribution is -2.15. The van der Waals surface area contributed by atoms with E-state index in [-0.39, 0.29) is 22.0 Å². The Morgan fingerprint density at radius 3 is 1.93 bits per heavy atom. The van der Waals surface area contributed by atoms with Crippen molar-refractivity contribution in [1.29, 1.82) is 0 Å². The lowest BCUT2D eigenvalue weighted by molar-refractivity contribution is -0.111. The van der Waals surface area contributed by atoms with E-state index in [1.807, 2.05) is 54.6 Å². The Morgan fingerprint density at radius 2 is 1.28 bits per heavy atom. The van der Waals surface area contributed by atoms with Crippen LogP contribution in [0.2, 0.25) is 0 Å². The minimum absolute atomic E-state index is 0.123. The molecule has 0 radical (unpaired) electrons. The molecule has 0 atom stereocenters. The molecular formula is C34H26FN3O4S. The summed E-state index contributed by atoms with van der Waals surface area (Å²) >= 11 is 0. The molecular weight excluding hydrogens is 565 g/mol. The zero-order chi connectivity index (χ0) is 30.4. The molecule has 0 bridgehead atoms. The number of amides is 2. The number of carbonyl (C=O) groups excluding carboxylic acids is 2. The Hall–Kier alpha value is -5.38. The van der Waals surface area contributed by atoms with Crippen molar-refractivity contribution >= 4 is 44.9 Å². The number of anilines is 2. The van der Waals surface area contributed by atoms with Gasteiger partial charge in [-0.05, 0) is 82.9 Å². The summed E-state index contributed by atoms with van der Waals surface area (Å²) < 4.78 is 36.7. The molecule has 0 aromatic heterocycles. The van der Waals surface area contributed by atoms with Gasteiger partial charge in [-0.15, -0.1) is 0 Å². The number of halogens is 1. The van der Waals surface area contributed by atoms with Gasteiger partial charge in [-0.2, -0.15) is 0 Å². The maximum Gasteiger partial charge on any atom is 0.256 e. The van der Waals surface area contributed by atoms with Gasteiger partial charge in [-0.25, -0.2) is 17.9 Å². The summed E-state index contributed by atoms with van der Waals surface area (Å²) in [5.41, 5.74) is 4.73. The number of benzene rings is 5. The molecule has 9 heteroatoms. The van der Waals surface area contributed by atoms with E-state index < -0.39 is 21.8 Å². The topological polar surface area (TPSA) is 118 Å². The van der Waals surface area contributed by atoms with E-state index in [0.29, 0.717) is 22.4 Å². The number of nitrogens with two attached hydrogens (primary N) is 1. The fourth-order valence-corrected chi connectivity index (χ4v) is 4.90. The van der Waals surface area contributed by atoms with Gasteiger partial charge in [0.2, 0.25) is 10.0 Å². The molecule has 5 aromatic rings. The molecule has 0 saturated carbocycles. The summed E-state index contributed by atoms with van der Waals surface area (Å²) in [7, 11) is -3.92. The van der Waals surface area contributed by atoms with Crippen molar-refractivity contribution in [2.24, 2.45) is 5.14 Å². The summed E-state index contributed by atoms with van der Waals surface area (Å²) in [6, 6.07) is 35.1. The van der Waals surface area contributed by atoms with Crippen molar-refractivity contribution in [1.82, 2.24) is 0 Å². The highest BCUT2D eigenvalue weighted by Crippen LogP contribution is 2.26. The Bertz CT molecular complexity index is 1910. The van der Waals surface area contributed by atoms with E-state index in [1.54, 1.807) is 36.4 Å². The van der Waals surface area contributed by atoms with Gasteiger partial charge < -0.3 is 10.6 Å². The van der Waals surface area contributed by atoms with Gasteiger partial charge >= 0.3 is 0 Å². The van der Waals surface area contributed by atoms with Crippen molar-refractivity contribution in [3.63, 3.8) is 0 Å². The number of primary sulfonamides is 1. The first-order valence-corrected chi connectivity index (χ1v) is 14.7. The first kappa shape index (κ1) is 29.1. The number of nitrogens with one attached hydrogen (secondary N) is 2. The second-order valence-electron chi connectivity index (χ2n) is 9.61. The monoisotopic (exact) mass is 591 g/mol. The van der Waals surface area contributed by atoms with E-state index in [0.717, 1.165) is 11.1 Å². The summed E-state index contributed by atoms with van der Waals surface area (Å²) in [5.74, 6) is -1.25. The molecule has 0 aliphatic heterocycles. The molecule has 4 N–H and O–H groups in total. The van der Waals surface area contributed by atoms with Gasteiger partial charge in [0.25, 0.3) is 11.8 Å². The molecule has 214 valence electrons. The fraction of sp³-hybridized carbons (Fsp3) is 0. The van der Waals surface area contributed by atoms with Gasteiger partial charge in [0.1, 0.15) is 5.82 Å². The third-order valence-corrected chi connectivity index (χ3v) is 7.47. The third-order valence-electron chi connectivity index (χ3n) is 6.55. The van der Waals surface area contributed by atoms with Crippen LogP contribution in [0.15, 0.2) is 132 Å². The second kappa shape index (κ2) is 12.6. The maximum absolute atomic E-state index is 13.5. The maximum atomic E-state index is 13.5. The molecule has 0 unspecified atom stereocenters. The second-order valence-corrected chi connectivity index (χ2v) is 11.2. The van der Waals surface area contributed by atoms with E-state index >= 15 is 0 Å². The van der Waals surface area contributed by atoms with E-state index in [2.05, 4.69) is 10.6 Å². The van der Waals surface area contributed by atoms with Crippen LogP contribution >= 0.6 is 0 Å². The first-order valence-electron chi connectivity index (χ1n) is 13.1. The largest absolute Gasteiger partial charge is 0.322 e. The minimum Gasteiger partial charge on any atom is -0.322 e. The van der Waals surface area contributed by atoms with Crippen LogP contribution in [0.25, 0.3) is 22.8 Å². The standard InChI is InChI=1S/C34H26FN3O4S/c35-28-17-9-23(10-18-28)21-32(26-13-11-25(12-14-26)24-5-2-1-3-6-24)34(40)37-29-19-15-27(16-20-29)33(39)38-30-7-4-8-31(22-30)43(36,41)42/h1-22H,(H,37,40)(H,38,39)(H2,36,41,42)/b32-21+.